The van der Waals surface area contributed by atoms with Crippen LogP contribution in [0.4, 0.5) is 0 Å². The summed E-state index contributed by atoms with van der Waals surface area (Å²) in [5.74, 6) is 2.31. The van der Waals surface area contributed by atoms with Crippen LogP contribution in [0.2, 0.25) is 0 Å². The summed E-state index contributed by atoms with van der Waals surface area (Å²) >= 11 is 0. The molecule has 1 aliphatic heterocycles. The number of likely N-dealkylation sites (N-methyl/N-ethyl adjacent to an activating group) is 1. The largest absolute Gasteiger partial charge is 0.298 e. The molecule has 1 spiro atoms. The van der Waals surface area contributed by atoms with E-state index in [1.165, 1.54) is 32.2 Å². The zero-order valence-electron chi connectivity index (χ0n) is 9.83. The van der Waals surface area contributed by atoms with Crippen LogP contribution in [0.1, 0.15) is 39.0 Å². The van der Waals surface area contributed by atoms with Crippen molar-refractivity contribution in [3.63, 3.8) is 0 Å². The van der Waals surface area contributed by atoms with Crippen molar-refractivity contribution in [1.29, 1.82) is 0 Å². The van der Waals surface area contributed by atoms with Crippen LogP contribution in [0.15, 0.2) is 0 Å². The van der Waals surface area contributed by atoms with E-state index in [0.717, 1.165) is 18.3 Å². The van der Waals surface area contributed by atoms with E-state index in [2.05, 4.69) is 11.9 Å². The Hall–Kier alpha value is -0.370. The fourth-order valence-electron chi connectivity index (χ4n) is 4.67. The molecular formula is C13H21NO. The van der Waals surface area contributed by atoms with Crippen LogP contribution in [0.3, 0.4) is 0 Å². The fourth-order valence-corrected chi connectivity index (χ4v) is 4.67. The molecule has 15 heavy (non-hydrogen) atoms. The molecule has 1 saturated heterocycles. The van der Waals surface area contributed by atoms with Gasteiger partial charge in [-0.2, -0.15) is 0 Å². The number of ketones is 1. The van der Waals surface area contributed by atoms with Gasteiger partial charge in [0.15, 0.2) is 0 Å². The van der Waals surface area contributed by atoms with E-state index in [9.17, 15) is 4.79 Å². The Morgan fingerprint density at radius 2 is 2.13 bits per heavy atom. The molecular weight excluding hydrogens is 186 g/mol. The monoisotopic (exact) mass is 207 g/mol. The van der Waals surface area contributed by atoms with Gasteiger partial charge in [0.1, 0.15) is 5.78 Å². The SMILES string of the molecule is CC(=O)C1CC2(CC3CCC2C3)CN1C. The summed E-state index contributed by atoms with van der Waals surface area (Å²) in [6, 6.07) is 0.226. The molecule has 1 heterocycles. The van der Waals surface area contributed by atoms with Gasteiger partial charge in [0.2, 0.25) is 0 Å². The van der Waals surface area contributed by atoms with Gasteiger partial charge in [0.05, 0.1) is 6.04 Å². The van der Waals surface area contributed by atoms with E-state index in [1.807, 2.05) is 0 Å². The van der Waals surface area contributed by atoms with E-state index in [0.29, 0.717) is 11.2 Å². The van der Waals surface area contributed by atoms with Crippen LogP contribution in [0, 0.1) is 17.3 Å². The minimum Gasteiger partial charge on any atom is -0.298 e. The van der Waals surface area contributed by atoms with Crippen LogP contribution >= 0.6 is 0 Å². The number of hydrogen-bond donors (Lipinski definition) is 0. The summed E-state index contributed by atoms with van der Waals surface area (Å²) < 4.78 is 0. The highest BCUT2D eigenvalue weighted by molar-refractivity contribution is 5.81. The summed E-state index contributed by atoms with van der Waals surface area (Å²) in [6.07, 6.45) is 6.91. The number of fused-ring (bicyclic) bond motifs is 3. The van der Waals surface area contributed by atoms with E-state index in [4.69, 9.17) is 0 Å². The van der Waals surface area contributed by atoms with Gasteiger partial charge < -0.3 is 0 Å². The van der Waals surface area contributed by atoms with Crippen molar-refractivity contribution in [3.8, 4) is 0 Å². The zero-order chi connectivity index (χ0) is 10.6. The van der Waals surface area contributed by atoms with Gasteiger partial charge in [-0.25, -0.2) is 0 Å². The molecule has 2 heteroatoms. The van der Waals surface area contributed by atoms with Crippen molar-refractivity contribution in [1.82, 2.24) is 4.90 Å². The summed E-state index contributed by atoms with van der Waals surface area (Å²) in [5.41, 5.74) is 0.536. The molecule has 4 unspecified atom stereocenters. The number of Topliss-reactive ketones (excluding diaryl/α,β-unsaturated/α-hetero) is 1. The zero-order valence-corrected chi connectivity index (χ0v) is 9.83. The van der Waals surface area contributed by atoms with Gasteiger partial charge in [-0.3, -0.25) is 9.69 Å². The molecule has 2 nitrogen and oxygen atoms in total. The van der Waals surface area contributed by atoms with E-state index in [1.54, 1.807) is 6.92 Å². The van der Waals surface area contributed by atoms with E-state index in [-0.39, 0.29) is 6.04 Å². The molecule has 3 rings (SSSR count). The number of nitrogens with zero attached hydrogens (tertiary/aromatic N) is 1. The number of hydrogen-bond acceptors (Lipinski definition) is 2. The summed E-state index contributed by atoms with van der Waals surface area (Å²) in [6.45, 7) is 2.94. The highest BCUT2D eigenvalue weighted by Crippen LogP contribution is 2.60. The van der Waals surface area contributed by atoms with Crippen LogP contribution in [-0.2, 0) is 4.79 Å². The topological polar surface area (TPSA) is 20.3 Å². The van der Waals surface area contributed by atoms with Gasteiger partial charge in [0, 0.05) is 6.54 Å². The first-order valence-electron chi connectivity index (χ1n) is 6.31. The third kappa shape index (κ3) is 1.30. The molecule has 3 aliphatic rings. The highest BCUT2D eigenvalue weighted by atomic mass is 16.1. The number of likely N-dealkylation sites (tertiary alicyclic amines) is 1. The summed E-state index contributed by atoms with van der Waals surface area (Å²) in [4.78, 5) is 13.9. The van der Waals surface area contributed by atoms with Crippen molar-refractivity contribution in [2.75, 3.05) is 13.6 Å². The summed E-state index contributed by atoms with van der Waals surface area (Å²) in [5, 5.41) is 0. The van der Waals surface area contributed by atoms with Crippen molar-refractivity contribution < 1.29 is 4.79 Å². The Bertz CT molecular complexity index is 301. The Kier molecular flexibility index (Phi) is 2.01. The minimum absolute atomic E-state index is 0.226. The molecule has 2 saturated carbocycles. The smallest absolute Gasteiger partial charge is 0.146 e. The molecule has 0 aromatic heterocycles. The second-order valence-electron chi connectivity index (χ2n) is 6.19. The lowest BCUT2D eigenvalue weighted by Crippen LogP contribution is -2.32. The Labute approximate surface area is 92.0 Å². The van der Waals surface area contributed by atoms with Crippen molar-refractivity contribution in [3.05, 3.63) is 0 Å². The molecule has 2 bridgehead atoms. The molecule has 84 valence electrons. The lowest BCUT2D eigenvalue weighted by Gasteiger charge is -2.33. The third-order valence-electron chi connectivity index (χ3n) is 5.27. The third-order valence-corrected chi connectivity index (χ3v) is 5.27. The maximum atomic E-state index is 11.6. The first-order valence-corrected chi connectivity index (χ1v) is 6.31. The second kappa shape index (κ2) is 3.07. The van der Waals surface area contributed by atoms with Gasteiger partial charge in [-0.1, -0.05) is 6.42 Å². The normalized spacial score (nSPS) is 49.3. The lowest BCUT2D eigenvalue weighted by molar-refractivity contribution is -0.120. The quantitative estimate of drug-likeness (QED) is 0.656. The van der Waals surface area contributed by atoms with Crippen LogP contribution in [0.25, 0.3) is 0 Å². The Morgan fingerprint density at radius 1 is 1.33 bits per heavy atom. The second-order valence-corrected chi connectivity index (χ2v) is 6.19. The highest BCUT2D eigenvalue weighted by Gasteiger charge is 2.56. The molecule has 4 atom stereocenters. The average molecular weight is 207 g/mol. The van der Waals surface area contributed by atoms with Crippen molar-refractivity contribution >= 4 is 5.78 Å². The lowest BCUT2D eigenvalue weighted by atomic mass is 9.71. The van der Waals surface area contributed by atoms with Gasteiger partial charge in [0.25, 0.3) is 0 Å². The number of rotatable bonds is 1. The van der Waals surface area contributed by atoms with Crippen LogP contribution in [-0.4, -0.2) is 30.3 Å². The predicted octanol–water partition coefficient (Wildman–Crippen LogP) is 2.09. The molecule has 0 aromatic carbocycles. The van der Waals surface area contributed by atoms with E-state index < -0.39 is 0 Å². The maximum Gasteiger partial charge on any atom is 0.146 e. The van der Waals surface area contributed by atoms with Gasteiger partial charge in [-0.15, -0.1) is 0 Å². The van der Waals surface area contributed by atoms with Gasteiger partial charge in [-0.05, 0) is 56.9 Å². The maximum absolute atomic E-state index is 11.6. The molecule has 2 aliphatic carbocycles. The minimum atomic E-state index is 0.226. The molecule has 0 amide bonds. The predicted molar refractivity (Wildman–Crippen MR) is 59.6 cm³/mol. The molecule has 3 fully saturated rings. The van der Waals surface area contributed by atoms with E-state index >= 15 is 0 Å². The standard InChI is InChI=1S/C13H21NO/c1-9(15)12-7-13(8-14(12)2)6-10-3-4-11(13)5-10/h10-12H,3-8H2,1-2H3. The number of carbonyl (C=O) groups excluding carboxylic acids is 1. The molecule has 0 N–H and O–H groups in total. The van der Waals surface area contributed by atoms with Gasteiger partial charge >= 0.3 is 0 Å². The van der Waals surface area contributed by atoms with Crippen LogP contribution < -0.4 is 0 Å². The van der Waals surface area contributed by atoms with Crippen molar-refractivity contribution in [2.45, 2.75) is 45.1 Å². The Morgan fingerprint density at radius 3 is 2.60 bits per heavy atom. The molecule has 0 aromatic rings. The van der Waals surface area contributed by atoms with Crippen molar-refractivity contribution in [2.24, 2.45) is 17.3 Å². The first kappa shape index (κ1) is 9.83. The first-order chi connectivity index (χ1) is 7.11. The molecule has 0 radical (unpaired) electrons. The van der Waals surface area contributed by atoms with Crippen LogP contribution in [0.5, 0.6) is 0 Å². The summed E-state index contributed by atoms with van der Waals surface area (Å²) in [7, 11) is 2.13. The average Bonchev–Trinajstić information content (AvgIpc) is 2.80. The fraction of sp³-hybridized carbons (Fsp3) is 0.923. The Balaban J connectivity index is 1.82. The number of carbonyl (C=O) groups is 1.